The van der Waals surface area contributed by atoms with Crippen LogP contribution in [0.3, 0.4) is 0 Å². The highest BCUT2D eigenvalue weighted by atomic mass is 35.5. The van der Waals surface area contributed by atoms with Crippen LogP contribution in [0.4, 0.5) is 0 Å². The predicted octanol–water partition coefficient (Wildman–Crippen LogP) is 5.72. The summed E-state index contributed by atoms with van der Waals surface area (Å²) in [7, 11) is 10.9. The van der Waals surface area contributed by atoms with Crippen LogP contribution in [0.2, 0.25) is 0 Å². The van der Waals surface area contributed by atoms with Crippen LogP contribution in [0.1, 0.15) is 44.4 Å². The molecule has 0 saturated carbocycles. The summed E-state index contributed by atoms with van der Waals surface area (Å²) in [6, 6.07) is 54.6. The van der Waals surface area contributed by atoms with Crippen molar-refractivity contribution < 1.29 is 24.8 Å². The summed E-state index contributed by atoms with van der Waals surface area (Å²) in [6.07, 6.45) is 3.35. The van der Waals surface area contributed by atoms with Gasteiger partial charge in [0.15, 0.2) is 7.41 Å². The molecule has 0 aromatic heterocycles. The van der Waals surface area contributed by atoms with Gasteiger partial charge in [0, 0.05) is 61.5 Å². The maximum absolute atomic E-state index is 2.70. The van der Waals surface area contributed by atoms with Gasteiger partial charge in [-0.2, -0.15) is 18.7 Å². The van der Waals surface area contributed by atoms with E-state index in [0.717, 1.165) is 34.1 Å². The Labute approximate surface area is 388 Å². The van der Waals surface area contributed by atoms with Crippen molar-refractivity contribution in [3.8, 4) is 0 Å². The molecule has 0 N–H and O–H groups in total. The van der Waals surface area contributed by atoms with E-state index in [-0.39, 0.29) is 49.6 Å². The van der Waals surface area contributed by atoms with Crippen molar-refractivity contribution in [2.24, 2.45) is 0 Å². The molecule has 0 heterocycles. The lowest BCUT2D eigenvalue weighted by atomic mass is 10.2. The Morgan fingerprint density at radius 1 is 0.407 bits per heavy atom. The van der Waals surface area contributed by atoms with Crippen LogP contribution < -0.4 is 35.4 Å². The van der Waals surface area contributed by atoms with Gasteiger partial charge in [0.05, 0.1) is 0 Å². The Kier molecular flexibility index (Phi) is 32.3. The van der Waals surface area contributed by atoms with E-state index in [4.69, 9.17) is 0 Å². The lowest BCUT2D eigenvalue weighted by molar-refractivity contribution is -0.001000. The fourth-order valence-electron chi connectivity index (χ4n) is 7.23. The average molecular weight is 942 g/mol. The summed E-state index contributed by atoms with van der Waals surface area (Å²) in [5.74, 6) is 0. The summed E-state index contributed by atoms with van der Waals surface area (Å²) in [5.41, 5.74) is 4.26. The van der Waals surface area contributed by atoms with Crippen molar-refractivity contribution in [3.63, 3.8) is 0 Å². The van der Waals surface area contributed by atoms with Crippen molar-refractivity contribution >= 4 is 59.3 Å². The number of nitrogens with zero attached hydrogens (tertiary/aromatic N) is 5. The first kappa shape index (κ1) is 59.4. The van der Waals surface area contributed by atoms with E-state index >= 15 is 0 Å². The van der Waals surface area contributed by atoms with E-state index in [1.165, 1.54) is 46.6 Å². The zero-order chi connectivity index (χ0) is 40.1. The zero-order valence-electron chi connectivity index (χ0n) is 37.1. The highest BCUT2D eigenvalue weighted by Crippen LogP contribution is 2.66. The Hall–Kier alpha value is -1.65. The summed E-state index contributed by atoms with van der Waals surface area (Å²) >= 11 is 0. The van der Waals surface area contributed by atoms with E-state index in [9.17, 15) is 0 Å². The van der Waals surface area contributed by atoms with Gasteiger partial charge < -0.3 is 24.8 Å². The summed E-state index contributed by atoms with van der Waals surface area (Å²) in [4.78, 5) is 0. The Morgan fingerprint density at radius 2 is 0.712 bits per heavy atom. The molecule has 1 unspecified atom stereocenters. The molecule has 5 rings (SSSR count). The molecule has 0 bridgehead atoms. The van der Waals surface area contributed by atoms with Crippen LogP contribution in [-0.2, 0) is 18.5 Å². The molecule has 12 heteroatoms. The number of rotatable bonds is 17. The van der Waals surface area contributed by atoms with Crippen LogP contribution in [0.15, 0.2) is 152 Å². The van der Waals surface area contributed by atoms with Crippen molar-refractivity contribution in [3.05, 3.63) is 168 Å². The molecule has 5 aromatic rings. The topological polar surface area (TPSA) is 16.2 Å². The monoisotopic (exact) mass is 939 g/mol. The smallest absolute Gasteiger partial charge is 0.230 e. The molecule has 0 aliphatic heterocycles. The Morgan fingerprint density at radius 3 is 1.02 bits per heavy atom. The molecule has 0 fully saturated rings. The Balaban J connectivity index is 0. The molecule has 0 amide bonds. The van der Waals surface area contributed by atoms with Gasteiger partial charge >= 0.3 is 0 Å². The molecule has 5 aromatic carbocycles. The van der Waals surface area contributed by atoms with Crippen molar-refractivity contribution in [1.82, 2.24) is 23.4 Å². The number of benzene rings is 5. The molecule has 328 valence electrons. The second kappa shape index (κ2) is 32.1. The van der Waals surface area contributed by atoms with Gasteiger partial charge in [0.1, 0.15) is 22.9 Å². The number of hydrogen-bond acceptors (Lipinski definition) is 5. The van der Waals surface area contributed by atoms with E-state index in [1.807, 2.05) is 0 Å². The van der Waals surface area contributed by atoms with E-state index in [0.29, 0.717) is 0 Å². The molecule has 5 nitrogen and oxygen atoms in total. The van der Waals surface area contributed by atoms with Crippen molar-refractivity contribution in [1.29, 1.82) is 0 Å². The summed E-state index contributed by atoms with van der Waals surface area (Å²) < 4.78 is 12.3. The van der Waals surface area contributed by atoms with Crippen LogP contribution in [0.25, 0.3) is 0 Å². The quantitative estimate of drug-likeness (QED) is 0.111. The van der Waals surface area contributed by atoms with E-state index in [1.54, 1.807) is 0 Å². The molecule has 0 radical (unpaired) electrons. The first-order valence-electron chi connectivity index (χ1n) is 19.8. The minimum atomic E-state index is -1.70. The number of halogens is 4. The normalized spacial score (nSPS) is 11.2. The first-order valence-corrected chi connectivity index (χ1v) is 24.8. The Bertz CT molecular complexity index is 1640. The van der Waals surface area contributed by atoms with Gasteiger partial charge in [0.25, 0.3) is 0 Å². The molecule has 0 spiro atoms. The third-order valence-electron chi connectivity index (χ3n) is 10.1. The lowest BCUT2D eigenvalue weighted by Gasteiger charge is -2.40. The zero-order valence-corrected chi connectivity index (χ0v) is 43.0. The minimum absolute atomic E-state index is 0. The van der Waals surface area contributed by atoms with Gasteiger partial charge in [-0.05, 0) is 76.6 Å². The van der Waals surface area contributed by atoms with Gasteiger partial charge in [-0.25, -0.2) is 0 Å². The van der Waals surface area contributed by atoms with Gasteiger partial charge in [0.2, 0.25) is 7.71 Å². The van der Waals surface area contributed by atoms with Crippen LogP contribution in [-0.4, -0.2) is 91.8 Å². The summed E-state index contributed by atoms with van der Waals surface area (Å²) in [5, 5.41) is 2.93. The maximum atomic E-state index is 2.70. The third kappa shape index (κ3) is 17.6. The maximum Gasteiger partial charge on any atom is 0.230 e. The fourth-order valence-corrected chi connectivity index (χ4v) is 16.6. The molecular formula is C47H72Cl4N5P3. The first-order chi connectivity index (χ1) is 26.6. The van der Waals surface area contributed by atoms with E-state index in [2.05, 4.69) is 245 Å². The molecule has 1 atom stereocenters. The second-order valence-corrected chi connectivity index (χ2v) is 23.0. The molecule has 0 aliphatic carbocycles. The molecule has 0 saturated heterocycles. The summed E-state index contributed by atoms with van der Waals surface area (Å²) in [6.45, 7) is 13.5. The highest BCUT2D eigenvalue weighted by Gasteiger charge is 2.48. The van der Waals surface area contributed by atoms with Gasteiger partial charge in [-0.1, -0.05) is 141 Å². The number of hydrogen-bond donors (Lipinski definition) is 0. The molecule has 59 heavy (non-hydrogen) atoms. The largest absolute Gasteiger partial charge is 1.00 e. The minimum Gasteiger partial charge on any atom is -1.00 e. The lowest BCUT2D eigenvalue weighted by Crippen LogP contribution is -3.00. The SMILES string of the molecule is CCN(CC)PCc1ccccc1.CCN(CC)[P+](Cc1ccccc1)(c1ccccc1)c1ccccc1.CN(C)[P+](Cc1ccccc1)(N(C)C)N(C)C.Cl.Cl.[Cl-].[Cl-]. The van der Waals surface area contributed by atoms with Crippen molar-refractivity contribution in [2.75, 3.05) is 68.5 Å². The fraction of sp³-hybridized carbons (Fsp3) is 0.362. The predicted molar refractivity (Wildman–Crippen MR) is 266 cm³/mol. The molecule has 0 aliphatic rings. The van der Waals surface area contributed by atoms with E-state index < -0.39 is 15.1 Å². The van der Waals surface area contributed by atoms with Crippen LogP contribution >= 0.6 is 48.7 Å². The van der Waals surface area contributed by atoms with Crippen molar-refractivity contribution in [2.45, 2.75) is 46.2 Å². The third-order valence-corrected chi connectivity index (χ3v) is 21.0. The van der Waals surface area contributed by atoms with Gasteiger partial charge in [-0.3, -0.25) is 4.67 Å². The molecular weight excluding hydrogens is 869 g/mol. The average Bonchev–Trinajstić information content (AvgIpc) is 3.22. The standard InChI is InChI=1S/C23H27NP.C13H25N3P.C11H18NP.4ClH/c1-3-24(4-2)25(22-16-10-6-11-17-22,23-18-12-7-13-19-23)20-21-14-8-5-9-15-21;1-14(2)17(15(3)4,16(5)6)12-13-10-8-7-9-11-13;1-3-12(4-2)13-10-11-8-6-5-7-9-11;;;;/h5-19H,3-4,20H2,1-2H3;7-11H,12H2,1-6H3;5-9,13H,3-4,10H2,1-2H3;4*1H/q2*+1;;;;;/p-2. The highest BCUT2D eigenvalue weighted by molar-refractivity contribution is 7.86. The van der Waals surface area contributed by atoms with Gasteiger partial charge in [-0.15, -0.1) is 24.8 Å². The second-order valence-electron chi connectivity index (χ2n) is 14.1. The van der Waals surface area contributed by atoms with Crippen LogP contribution in [0, 0.1) is 0 Å². The van der Waals surface area contributed by atoms with Crippen LogP contribution in [0.5, 0.6) is 0 Å².